The lowest BCUT2D eigenvalue weighted by Gasteiger charge is -2.42. The van der Waals surface area contributed by atoms with Crippen LogP contribution >= 0.6 is 11.6 Å². The van der Waals surface area contributed by atoms with Gasteiger partial charge >= 0.3 is 6.01 Å². The first-order valence-corrected chi connectivity index (χ1v) is 14.9. The fraction of sp³-hybridized carbons (Fsp3) is 0.438. The number of aromatic nitrogens is 2. The first-order valence-electron chi connectivity index (χ1n) is 14.5. The molecule has 3 aromatic rings. The van der Waals surface area contributed by atoms with E-state index in [1.165, 1.54) is 6.08 Å². The van der Waals surface area contributed by atoms with Crippen LogP contribution < -0.4 is 14.5 Å². The zero-order chi connectivity index (χ0) is 29.4. The number of nitrogens with zero attached hydrogens (tertiary/aromatic N) is 7. The second-order valence-electron chi connectivity index (χ2n) is 11.6. The highest BCUT2D eigenvalue weighted by atomic mass is 35.5. The van der Waals surface area contributed by atoms with Gasteiger partial charge in [0, 0.05) is 42.8 Å². The van der Waals surface area contributed by atoms with Crippen LogP contribution in [0, 0.1) is 11.3 Å². The van der Waals surface area contributed by atoms with Gasteiger partial charge in [-0.3, -0.25) is 4.79 Å². The van der Waals surface area contributed by atoms with E-state index in [2.05, 4.69) is 65.7 Å². The van der Waals surface area contributed by atoms with Gasteiger partial charge < -0.3 is 24.3 Å². The van der Waals surface area contributed by atoms with Crippen molar-refractivity contribution in [2.45, 2.75) is 43.8 Å². The van der Waals surface area contributed by atoms with Gasteiger partial charge in [-0.05, 0) is 57.0 Å². The number of halogens is 1. The van der Waals surface area contributed by atoms with Crippen LogP contribution in [0.25, 0.3) is 10.8 Å². The number of anilines is 2. The summed E-state index contributed by atoms with van der Waals surface area (Å²) in [5.74, 6) is 0.695. The third-order valence-corrected chi connectivity index (χ3v) is 9.32. The van der Waals surface area contributed by atoms with E-state index in [1.54, 1.807) is 4.90 Å². The zero-order valence-electron chi connectivity index (χ0n) is 24.2. The van der Waals surface area contributed by atoms with Gasteiger partial charge in [0.2, 0.25) is 5.91 Å². The number of amides is 1. The normalized spacial score (nSPS) is 19.4. The number of ether oxygens (including phenoxy) is 1. The largest absolute Gasteiger partial charge is 0.461 e. The van der Waals surface area contributed by atoms with Gasteiger partial charge in [0.25, 0.3) is 0 Å². The smallest absolute Gasteiger partial charge is 0.318 e. The summed E-state index contributed by atoms with van der Waals surface area (Å²) in [6.07, 6.45) is 4.49. The molecule has 3 heterocycles. The van der Waals surface area contributed by atoms with E-state index in [0.717, 1.165) is 64.4 Å². The van der Waals surface area contributed by atoms with Crippen LogP contribution in [0.2, 0.25) is 5.02 Å². The van der Waals surface area contributed by atoms with Gasteiger partial charge in [0.05, 0.1) is 41.3 Å². The minimum Gasteiger partial charge on any atom is -0.461 e. The fourth-order valence-corrected chi connectivity index (χ4v) is 6.54. The Labute approximate surface area is 251 Å². The van der Waals surface area contributed by atoms with Gasteiger partial charge in [-0.25, -0.2) is 0 Å². The highest BCUT2D eigenvalue weighted by molar-refractivity contribution is 6.36. The Morgan fingerprint density at radius 3 is 2.69 bits per heavy atom. The number of nitriles is 1. The van der Waals surface area contributed by atoms with Crippen LogP contribution in [0.1, 0.15) is 30.5 Å². The molecule has 1 saturated carbocycles. The number of carbonyl (C=O) groups excluding carboxylic acids is 1. The molecular weight excluding hydrogens is 550 g/mol. The highest BCUT2D eigenvalue weighted by Crippen LogP contribution is 2.41. The minimum absolute atomic E-state index is 0.0275. The van der Waals surface area contributed by atoms with Crippen molar-refractivity contribution in [1.29, 1.82) is 5.26 Å². The predicted molar refractivity (Wildman–Crippen MR) is 165 cm³/mol. The van der Waals surface area contributed by atoms with Crippen molar-refractivity contribution in [3.05, 3.63) is 65.3 Å². The molecule has 42 heavy (non-hydrogen) atoms. The number of likely N-dealkylation sites (N-methyl/N-ethyl adjacent to an activating group) is 1. The molecule has 6 rings (SSSR count). The Morgan fingerprint density at radius 1 is 1.19 bits per heavy atom. The molecule has 0 bridgehead atoms. The van der Waals surface area contributed by atoms with Crippen molar-refractivity contribution in [3.63, 3.8) is 0 Å². The molecule has 0 radical (unpaired) electrons. The van der Waals surface area contributed by atoms with Crippen molar-refractivity contribution < 1.29 is 9.53 Å². The van der Waals surface area contributed by atoms with Gasteiger partial charge in [-0.1, -0.05) is 42.4 Å². The lowest BCUT2D eigenvalue weighted by Crippen LogP contribution is -2.55. The number of benzene rings is 2. The molecule has 1 saturated heterocycles. The summed E-state index contributed by atoms with van der Waals surface area (Å²) in [5, 5.41) is 12.4. The minimum atomic E-state index is -0.245. The number of rotatable bonds is 8. The van der Waals surface area contributed by atoms with E-state index >= 15 is 0 Å². The summed E-state index contributed by atoms with van der Waals surface area (Å²) in [6, 6.07) is 14.7. The van der Waals surface area contributed by atoms with Crippen LogP contribution in [-0.2, 0) is 17.8 Å². The van der Waals surface area contributed by atoms with Crippen molar-refractivity contribution in [1.82, 2.24) is 19.8 Å². The summed E-state index contributed by atoms with van der Waals surface area (Å²) in [5.41, 5.74) is 3.14. The third kappa shape index (κ3) is 5.25. The molecule has 2 aliphatic heterocycles. The standard InChI is InChI=1S/C32H36ClN7O2/c1-4-28(41)40-18-17-39(19-23(40)11-15-34)30-24-12-16-38(27-10-6-8-22-7-5-9-25(33)29(22)27)20-26(24)35-31(36-30)42-21-32(13-14-32)37(2)3/h4-10,23H,1,11-14,16-21H2,2-3H3. The lowest BCUT2D eigenvalue weighted by molar-refractivity contribution is -0.128. The van der Waals surface area contributed by atoms with Gasteiger partial charge in [-0.2, -0.15) is 15.2 Å². The molecule has 0 N–H and O–H groups in total. The highest BCUT2D eigenvalue weighted by Gasteiger charge is 2.46. The monoisotopic (exact) mass is 585 g/mol. The zero-order valence-corrected chi connectivity index (χ0v) is 25.0. The topological polar surface area (TPSA) is 88.8 Å². The Bertz CT molecular complexity index is 1560. The van der Waals surface area contributed by atoms with Crippen molar-refractivity contribution >= 4 is 39.8 Å². The average Bonchev–Trinajstić information content (AvgIpc) is 3.80. The van der Waals surface area contributed by atoms with Gasteiger partial charge in [0.1, 0.15) is 12.4 Å². The number of piperazine rings is 1. The van der Waals surface area contributed by atoms with Crippen LogP contribution in [0.5, 0.6) is 6.01 Å². The molecule has 3 aliphatic rings. The first kappa shape index (κ1) is 28.3. The molecular formula is C32H36ClN7O2. The Kier molecular flexibility index (Phi) is 7.69. The maximum atomic E-state index is 12.5. The fourth-order valence-electron chi connectivity index (χ4n) is 6.26. The third-order valence-electron chi connectivity index (χ3n) is 9.01. The quantitative estimate of drug-likeness (QED) is 0.359. The number of hydrogen-bond donors (Lipinski definition) is 0. The van der Waals surface area contributed by atoms with Crippen LogP contribution in [0.4, 0.5) is 11.5 Å². The first-order chi connectivity index (χ1) is 20.3. The Balaban J connectivity index is 1.35. The van der Waals surface area contributed by atoms with E-state index in [0.29, 0.717) is 38.8 Å². The lowest BCUT2D eigenvalue weighted by atomic mass is 10.0. The van der Waals surface area contributed by atoms with Crippen LogP contribution in [0.3, 0.4) is 0 Å². The Morgan fingerprint density at radius 2 is 1.98 bits per heavy atom. The second-order valence-corrected chi connectivity index (χ2v) is 12.1. The SMILES string of the molecule is C=CC(=O)N1CCN(c2nc(OCC3(N(C)C)CC3)nc3c2CCN(c2cccc4cccc(Cl)c24)C3)CC1CC#N. The van der Waals surface area contributed by atoms with E-state index in [-0.39, 0.29) is 23.9 Å². The molecule has 1 aromatic heterocycles. The van der Waals surface area contributed by atoms with Crippen molar-refractivity contribution in [3.8, 4) is 12.1 Å². The molecule has 1 atom stereocenters. The Hall–Kier alpha value is -3.87. The molecule has 2 fully saturated rings. The van der Waals surface area contributed by atoms with Crippen LogP contribution in [0.15, 0.2) is 49.1 Å². The molecule has 2 aromatic carbocycles. The van der Waals surface area contributed by atoms with Crippen LogP contribution in [-0.4, -0.2) is 84.1 Å². The summed E-state index contributed by atoms with van der Waals surface area (Å²) >= 11 is 6.69. The maximum Gasteiger partial charge on any atom is 0.318 e. The van der Waals surface area contributed by atoms with E-state index in [9.17, 15) is 10.1 Å². The van der Waals surface area contributed by atoms with E-state index in [4.69, 9.17) is 26.3 Å². The number of fused-ring (bicyclic) bond motifs is 2. The summed E-state index contributed by atoms with van der Waals surface area (Å²) < 4.78 is 6.31. The molecule has 218 valence electrons. The van der Waals surface area contributed by atoms with Gasteiger partial charge in [-0.15, -0.1) is 0 Å². The molecule has 10 heteroatoms. The maximum absolute atomic E-state index is 12.5. The summed E-state index contributed by atoms with van der Waals surface area (Å²) in [7, 11) is 4.17. The number of hydrogen-bond acceptors (Lipinski definition) is 8. The predicted octanol–water partition coefficient (Wildman–Crippen LogP) is 4.44. The van der Waals surface area contributed by atoms with Crippen molar-refractivity contribution in [2.75, 3.05) is 56.7 Å². The molecule has 9 nitrogen and oxygen atoms in total. The van der Waals surface area contributed by atoms with Crippen molar-refractivity contribution in [2.24, 2.45) is 0 Å². The number of carbonyl (C=O) groups is 1. The molecule has 1 amide bonds. The van der Waals surface area contributed by atoms with E-state index in [1.807, 2.05) is 12.1 Å². The molecule has 0 spiro atoms. The summed E-state index contributed by atoms with van der Waals surface area (Å²) in [4.78, 5) is 31.0. The second kappa shape index (κ2) is 11.4. The molecule has 1 aliphatic carbocycles. The van der Waals surface area contributed by atoms with Gasteiger partial charge in [0.15, 0.2) is 0 Å². The molecule has 1 unspecified atom stereocenters. The van der Waals surface area contributed by atoms with E-state index < -0.39 is 0 Å². The average molecular weight is 586 g/mol. The summed E-state index contributed by atoms with van der Waals surface area (Å²) in [6.45, 7) is 7.18.